The highest BCUT2D eigenvalue weighted by atomic mass is 16.6. The van der Waals surface area contributed by atoms with Crippen LogP contribution in [0.1, 0.15) is 45.1 Å². The Morgan fingerprint density at radius 3 is 2.43 bits per heavy atom. The maximum absolute atomic E-state index is 13.1. The number of rotatable bonds is 6. The summed E-state index contributed by atoms with van der Waals surface area (Å²) in [6, 6.07) is 16.2. The Kier molecular flexibility index (Phi) is 5.88. The van der Waals surface area contributed by atoms with E-state index >= 15 is 0 Å². The lowest BCUT2D eigenvalue weighted by Gasteiger charge is -2.19. The van der Waals surface area contributed by atoms with Crippen LogP contribution < -0.4 is 0 Å². The summed E-state index contributed by atoms with van der Waals surface area (Å²) in [4.78, 5) is 32.9. The number of ether oxygens (including phenoxy) is 1. The minimum absolute atomic E-state index is 0.0590. The highest BCUT2D eigenvalue weighted by molar-refractivity contribution is 5.86. The summed E-state index contributed by atoms with van der Waals surface area (Å²) in [5.41, 5.74) is 13.2. The van der Waals surface area contributed by atoms with Crippen molar-refractivity contribution in [3.63, 3.8) is 0 Å². The van der Waals surface area contributed by atoms with E-state index in [1.165, 1.54) is 11.8 Å². The number of nitrogens with zero attached hydrogens (tertiary/aromatic N) is 5. The van der Waals surface area contributed by atoms with Crippen LogP contribution in [0.15, 0.2) is 58.1 Å². The second kappa shape index (κ2) is 9.15. The molecule has 2 unspecified atom stereocenters. The Morgan fingerprint density at radius 1 is 1.17 bits per heavy atom. The van der Waals surface area contributed by atoms with Gasteiger partial charge in [0.15, 0.2) is 11.6 Å². The van der Waals surface area contributed by atoms with E-state index < -0.39 is 18.0 Å². The summed E-state index contributed by atoms with van der Waals surface area (Å²) in [5, 5.41) is 13.0. The highest BCUT2D eigenvalue weighted by Gasteiger charge is 2.40. The summed E-state index contributed by atoms with van der Waals surface area (Å²) in [6.45, 7) is 2.35. The number of fused-ring (bicyclic) bond motifs is 3. The molecule has 1 aromatic heterocycles. The molecule has 1 amide bonds. The van der Waals surface area contributed by atoms with E-state index in [1.807, 2.05) is 24.3 Å². The van der Waals surface area contributed by atoms with E-state index in [1.54, 1.807) is 0 Å². The highest BCUT2D eigenvalue weighted by Crippen LogP contribution is 2.44. The summed E-state index contributed by atoms with van der Waals surface area (Å²) >= 11 is 0. The Bertz CT molecular complexity index is 1300. The number of likely N-dealkylation sites (tertiary alicyclic amines) is 1. The molecule has 5 rings (SSSR count). The van der Waals surface area contributed by atoms with Gasteiger partial charge in [-0.15, -0.1) is 0 Å². The van der Waals surface area contributed by atoms with Gasteiger partial charge in [0.2, 0.25) is 0 Å². The fraction of sp³-hybridized carbons (Fsp3) is 0.320. The first-order valence-corrected chi connectivity index (χ1v) is 11.3. The molecule has 3 aromatic rings. The molecule has 1 fully saturated rings. The zero-order valence-electron chi connectivity index (χ0n) is 19.0. The monoisotopic (exact) mass is 473 g/mol. The van der Waals surface area contributed by atoms with Gasteiger partial charge in [-0.05, 0) is 40.6 Å². The molecule has 10 heteroatoms. The van der Waals surface area contributed by atoms with Crippen molar-refractivity contribution < 1.29 is 23.8 Å². The number of oxazole rings is 1. The van der Waals surface area contributed by atoms with Crippen molar-refractivity contribution in [1.29, 1.82) is 0 Å². The first-order chi connectivity index (χ1) is 17.0. The molecule has 2 atom stereocenters. The van der Waals surface area contributed by atoms with E-state index in [9.17, 15) is 14.7 Å². The quantitative estimate of drug-likeness (QED) is 0.305. The third-order valence-electron chi connectivity index (χ3n) is 6.75. The Hall–Kier alpha value is -4.30. The number of carboxylic acids is 1. The molecule has 2 aliphatic rings. The molecule has 35 heavy (non-hydrogen) atoms. The maximum Gasteiger partial charge on any atom is 0.409 e. The number of aromatic carboxylic acids is 1. The lowest BCUT2D eigenvalue weighted by molar-refractivity contribution is 0.0689. The van der Waals surface area contributed by atoms with Crippen LogP contribution in [0.3, 0.4) is 0 Å². The minimum atomic E-state index is -1.18. The van der Waals surface area contributed by atoms with Gasteiger partial charge in [-0.1, -0.05) is 53.6 Å². The molecule has 1 saturated heterocycles. The Labute approximate surface area is 200 Å². The number of benzene rings is 2. The summed E-state index contributed by atoms with van der Waals surface area (Å²) in [7, 11) is 0. The predicted molar refractivity (Wildman–Crippen MR) is 125 cm³/mol. The standard InChI is InChI=1S/C25H23N5O5/c1-14-22(24(31)32)28-23(35-14)20-12-30(11-15(20)10-27-29-26)25(33)34-13-21-18-8-4-2-6-16(18)17-7-3-5-9-19(17)21/h2-9,15,20-21H,10-13H2,1H3,(H,31,32). The molecule has 178 valence electrons. The van der Waals surface area contributed by atoms with Crippen molar-refractivity contribution in [3.05, 3.63) is 87.4 Å². The van der Waals surface area contributed by atoms with E-state index in [2.05, 4.69) is 39.3 Å². The first kappa shape index (κ1) is 22.5. The van der Waals surface area contributed by atoms with E-state index in [0.29, 0.717) is 0 Å². The van der Waals surface area contributed by atoms with Crippen LogP contribution in [0.5, 0.6) is 0 Å². The van der Waals surface area contributed by atoms with Gasteiger partial charge >= 0.3 is 12.1 Å². The van der Waals surface area contributed by atoms with Crippen molar-refractivity contribution >= 4 is 12.1 Å². The largest absolute Gasteiger partial charge is 0.476 e. The lowest BCUT2D eigenvalue weighted by atomic mass is 9.96. The molecule has 1 aliphatic carbocycles. The molecule has 0 saturated carbocycles. The summed E-state index contributed by atoms with van der Waals surface area (Å²) in [5.74, 6) is -1.52. The fourth-order valence-electron chi connectivity index (χ4n) is 5.09. The second-order valence-electron chi connectivity index (χ2n) is 8.75. The van der Waals surface area contributed by atoms with Crippen LogP contribution in [-0.2, 0) is 4.74 Å². The number of aryl methyl sites for hydroxylation is 1. The zero-order valence-corrected chi connectivity index (χ0v) is 19.0. The van der Waals surface area contributed by atoms with Gasteiger partial charge in [-0.3, -0.25) is 0 Å². The zero-order chi connectivity index (χ0) is 24.5. The van der Waals surface area contributed by atoms with Gasteiger partial charge in [0.1, 0.15) is 12.4 Å². The number of aromatic nitrogens is 1. The molecule has 1 N–H and O–H groups in total. The number of hydrogen-bond acceptors (Lipinski definition) is 6. The average molecular weight is 473 g/mol. The van der Waals surface area contributed by atoms with Gasteiger partial charge in [0.05, 0.1) is 5.92 Å². The molecular weight excluding hydrogens is 450 g/mol. The number of carboxylic acid groups (broad SMARTS) is 1. The molecule has 2 heterocycles. The molecule has 2 aromatic carbocycles. The molecule has 1 aliphatic heterocycles. The van der Waals surface area contributed by atoms with Gasteiger partial charge in [-0.2, -0.15) is 0 Å². The van der Waals surface area contributed by atoms with Gasteiger partial charge in [0, 0.05) is 30.5 Å². The first-order valence-electron chi connectivity index (χ1n) is 11.3. The molecule has 10 nitrogen and oxygen atoms in total. The molecule has 0 spiro atoms. The third kappa shape index (κ3) is 4.08. The van der Waals surface area contributed by atoms with Crippen LogP contribution in [0, 0.1) is 12.8 Å². The van der Waals surface area contributed by atoms with Crippen molar-refractivity contribution in [1.82, 2.24) is 9.88 Å². The number of hydrogen-bond donors (Lipinski definition) is 1. The van der Waals surface area contributed by atoms with Crippen molar-refractivity contribution in [2.45, 2.75) is 18.8 Å². The van der Waals surface area contributed by atoms with Crippen LogP contribution in [0.4, 0.5) is 4.79 Å². The molecule has 0 radical (unpaired) electrons. The smallest absolute Gasteiger partial charge is 0.409 e. The predicted octanol–water partition coefficient (Wildman–Crippen LogP) is 4.96. The van der Waals surface area contributed by atoms with Crippen LogP contribution >= 0.6 is 0 Å². The number of carbonyl (C=O) groups excluding carboxylic acids is 1. The normalized spacial score (nSPS) is 18.6. The van der Waals surface area contributed by atoms with Gasteiger partial charge in [-0.25, -0.2) is 14.6 Å². The van der Waals surface area contributed by atoms with E-state index in [0.717, 1.165) is 22.3 Å². The fourth-order valence-corrected chi connectivity index (χ4v) is 5.09. The van der Waals surface area contributed by atoms with Gasteiger partial charge in [0.25, 0.3) is 0 Å². The van der Waals surface area contributed by atoms with E-state index in [4.69, 9.17) is 14.7 Å². The van der Waals surface area contributed by atoms with Crippen LogP contribution in [0.2, 0.25) is 0 Å². The van der Waals surface area contributed by atoms with Crippen molar-refractivity contribution in [2.24, 2.45) is 11.0 Å². The number of azide groups is 1. The lowest BCUT2D eigenvalue weighted by Crippen LogP contribution is -2.31. The van der Waals surface area contributed by atoms with Crippen LogP contribution in [0.25, 0.3) is 21.6 Å². The topological polar surface area (TPSA) is 142 Å². The van der Waals surface area contributed by atoms with Gasteiger partial charge < -0.3 is 19.2 Å². The maximum atomic E-state index is 13.1. The Balaban J connectivity index is 1.32. The minimum Gasteiger partial charge on any atom is -0.476 e. The second-order valence-corrected chi connectivity index (χ2v) is 8.75. The van der Waals surface area contributed by atoms with Crippen molar-refractivity contribution in [2.75, 3.05) is 26.2 Å². The summed E-state index contributed by atoms with van der Waals surface area (Å²) in [6.07, 6.45) is -0.484. The summed E-state index contributed by atoms with van der Waals surface area (Å²) < 4.78 is 11.4. The van der Waals surface area contributed by atoms with E-state index in [-0.39, 0.29) is 55.4 Å². The van der Waals surface area contributed by atoms with Crippen molar-refractivity contribution in [3.8, 4) is 11.1 Å². The number of amides is 1. The third-order valence-corrected chi connectivity index (χ3v) is 6.75. The number of carbonyl (C=O) groups is 2. The molecule has 0 bridgehead atoms. The van der Waals surface area contributed by atoms with Crippen LogP contribution in [-0.4, -0.2) is 53.3 Å². The SMILES string of the molecule is Cc1oc(C2CN(C(=O)OCC3c4ccccc4-c4ccccc43)CC2CN=[N+]=[N-])nc1C(=O)O. The molecular formula is C25H23N5O5. The average Bonchev–Trinajstić information content (AvgIpc) is 3.55. The Morgan fingerprint density at radius 2 is 1.83 bits per heavy atom.